The van der Waals surface area contributed by atoms with E-state index in [2.05, 4.69) is 43.4 Å². The summed E-state index contributed by atoms with van der Waals surface area (Å²) in [6.45, 7) is 5.21. The van der Waals surface area contributed by atoms with Crippen LogP contribution >= 0.6 is 0 Å². The molecule has 1 aromatic rings. The highest BCUT2D eigenvalue weighted by molar-refractivity contribution is 5.46. The summed E-state index contributed by atoms with van der Waals surface area (Å²) in [6, 6.07) is 9.04. The molecule has 0 heterocycles. The van der Waals surface area contributed by atoms with E-state index in [1.165, 1.54) is 49.8 Å². The van der Waals surface area contributed by atoms with E-state index >= 15 is 0 Å². The molecule has 0 saturated heterocycles. The van der Waals surface area contributed by atoms with Crippen LogP contribution in [0, 0.1) is 0 Å². The third kappa shape index (κ3) is 7.22. The van der Waals surface area contributed by atoms with E-state index in [1.54, 1.807) is 7.11 Å². The van der Waals surface area contributed by atoms with Crippen molar-refractivity contribution in [3.63, 3.8) is 0 Å². The molecule has 0 aliphatic rings. The summed E-state index contributed by atoms with van der Waals surface area (Å²) in [5.74, 6) is 0. The van der Waals surface area contributed by atoms with E-state index < -0.39 is 0 Å². The highest BCUT2D eigenvalue weighted by Gasteiger charge is 2.02. The second kappa shape index (κ2) is 9.85. The van der Waals surface area contributed by atoms with E-state index in [9.17, 15) is 0 Å². The lowest BCUT2D eigenvalue weighted by Gasteiger charge is -2.16. The molecule has 0 bridgehead atoms. The van der Waals surface area contributed by atoms with Gasteiger partial charge in [0, 0.05) is 18.8 Å². The molecule has 2 nitrogen and oxygen atoms in total. The highest BCUT2D eigenvalue weighted by atomic mass is 16.5. The van der Waals surface area contributed by atoms with Crippen molar-refractivity contribution in [2.75, 3.05) is 12.4 Å². The Morgan fingerprint density at radius 1 is 1.16 bits per heavy atom. The molecule has 1 unspecified atom stereocenters. The van der Waals surface area contributed by atoms with Crippen LogP contribution in [0.2, 0.25) is 0 Å². The van der Waals surface area contributed by atoms with Crippen molar-refractivity contribution in [1.82, 2.24) is 0 Å². The van der Waals surface area contributed by atoms with E-state index in [-0.39, 0.29) is 0 Å². The normalized spacial score (nSPS) is 12.4. The average molecular weight is 263 g/mol. The first-order chi connectivity index (χ1) is 9.26. The Kier molecular flexibility index (Phi) is 8.31. The molecule has 1 rings (SSSR count). The zero-order valence-corrected chi connectivity index (χ0v) is 12.7. The van der Waals surface area contributed by atoms with Crippen LogP contribution in [0.1, 0.15) is 57.9 Å². The summed E-state index contributed by atoms with van der Waals surface area (Å²) in [5, 5.41) is 3.58. The molecule has 19 heavy (non-hydrogen) atoms. The summed E-state index contributed by atoms with van der Waals surface area (Å²) < 4.78 is 5.16. The van der Waals surface area contributed by atoms with E-state index in [4.69, 9.17) is 4.74 Å². The second-order valence-corrected chi connectivity index (χ2v) is 5.38. The zero-order valence-electron chi connectivity index (χ0n) is 12.7. The molecule has 0 radical (unpaired) electrons. The minimum Gasteiger partial charge on any atom is -0.383 e. The maximum absolute atomic E-state index is 5.16. The fourth-order valence-corrected chi connectivity index (χ4v) is 2.33. The van der Waals surface area contributed by atoms with Gasteiger partial charge in [-0.2, -0.15) is 0 Å². The van der Waals surface area contributed by atoms with Crippen molar-refractivity contribution >= 4 is 5.69 Å². The second-order valence-electron chi connectivity index (χ2n) is 5.38. The Labute approximate surface area is 118 Å². The summed E-state index contributed by atoms with van der Waals surface area (Å²) in [7, 11) is 1.74. The molecule has 0 aliphatic heterocycles. The summed E-state index contributed by atoms with van der Waals surface area (Å²) in [6.07, 6.45) is 8.02. The number of methoxy groups -OCH3 is 1. The molecular weight excluding hydrogens is 234 g/mol. The number of unbranched alkanes of at least 4 members (excludes halogenated alkanes) is 4. The Balaban J connectivity index is 2.27. The first-order valence-electron chi connectivity index (χ1n) is 7.60. The minimum absolute atomic E-state index is 0.541. The van der Waals surface area contributed by atoms with Gasteiger partial charge in [0.05, 0.1) is 6.61 Å². The van der Waals surface area contributed by atoms with Crippen LogP contribution in [0.3, 0.4) is 0 Å². The fourth-order valence-electron chi connectivity index (χ4n) is 2.33. The summed E-state index contributed by atoms with van der Waals surface area (Å²) >= 11 is 0. The van der Waals surface area contributed by atoms with Gasteiger partial charge < -0.3 is 10.1 Å². The molecule has 1 aromatic carbocycles. The van der Waals surface area contributed by atoms with Gasteiger partial charge in [-0.3, -0.25) is 0 Å². The maximum atomic E-state index is 5.16. The van der Waals surface area contributed by atoms with E-state index in [1.807, 2.05) is 0 Å². The SMILES string of the molecule is CCCCCCCC(C)Nc1cccc(COC)c1. The first kappa shape index (κ1) is 16.0. The van der Waals surface area contributed by atoms with Crippen molar-refractivity contribution in [2.45, 2.75) is 65.0 Å². The van der Waals surface area contributed by atoms with Gasteiger partial charge >= 0.3 is 0 Å². The lowest BCUT2D eigenvalue weighted by molar-refractivity contribution is 0.185. The highest BCUT2D eigenvalue weighted by Crippen LogP contribution is 2.15. The van der Waals surface area contributed by atoms with Crippen molar-refractivity contribution in [3.05, 3.63) is 29.8 Å². The van der Waals surface area contributed by atoms with Gasteiger partial charge in [0.1, 0.15) is 0 Å². The number of rotatable bonds is 10. The predicted octanol–water partition coefficient (Wildman–Crippen LogP) is 4.99. The molecule has 2 heteroatoms. The third-order valence-electron chi connectivity index (χ3n) is 3.39. The van der Waals surface area contributed by atoms with Crippen LogP contribution in [-0.2, 0) is 11.3 Å². The van der Waals surface area contributed by atoms with Crippen molar-refractivity contribution < 1.29 is 4.74 Å². The lowest BCUT2D eigenvalue weighted by atomic mass is 10.1. The predicted molar refractivity (Wildman–Crippen MR) is 83.6 cm³/mol. The van der Waals surface area contributed by atoms with Gasteiger partial charge in [-0.05, 0) is 31.0 Å². The number of anilines is 1. The number of benzene rings is 1. The van der Waals surface area contributed by atoms with Gasteiger partial charge in [-0.1, -0.05) is 51.2 Å². The number of hydrogen-bond donors (Lipinski definition) is 1. The zero-order chi connectivity index (χ0) is 13.9. The number of ether oxygens (including phenoxy) is 1. The van der Waals surface area contributed by atoms with Crippen molar-refractivity contribution in [3.8, 4) is 0 Å². The van der Waals surface area contributed by atoms with E-state index in [0.29, 0.717) is 12.6 Å². The molecule has 0 saturated carbocycles. The quantitative estimate of drug-likeness (QED) is 0.600. The Bertz CT molecular complexity index is 338. The van der Waals surface area contributed by atoms with Crippen LogP contribution in [0.4, 0.5) is 5.69 Å². The number of hydrogen-bond acceptors (Lipinski definition) is 2. The lowest BCUT2D eigenvalue weighted by Crippen LogP contribution is -2.14. The summed E-state index contributed by atoms with van der Waals surface area (Å²) in [4.78, 5) is 0. The molecule has 0 spiro atoms. The first-order valence-corrected chi connectivity index (χ1v) is 7.60. The standard InChI is InChI=1S/C17H29NO/c1-4-5-6-7-8-10-15(2)18-17-12-9-11-16(13-17)14-19-3/h9,11-13,15,18H,4-8,10,14H2,1-3H3. The smallest absolute Gasteiger partial charge is 0.0713 e. The van der Waals surface area contributed by atoms with Gasteiger partial charge in [0.25, 0.3) is 0 Å². The molecule has 1 atom stereocenters. The van der Waals surface area contributed by atoms with Crippen molar-refractivity contribution in [1.29, 1.82) is 0 Å². The topological polar surface area (TPSA) is 21.3 Å². The van der Waals surface area contributed by atoms with Gasteiger partial charge in [-0.25, -0.2) is 0 Å². The molecule has 1 N–H and O–H groups in total. The molecular formula is C17H29NO. The van der Waals surface area contributed by atoms with E-state index in [0.717, 1.165) is 0 Å². The average Bonchev–Trinajstić information content (AvgIpc) is 2.39. The van der Waals surface area contributed by atoms with Crippen molar-refractivity contribution in [2.24, 2.45) is 0 Å². The molecule has 108 valence electrons. The van der Waals surface area contributed by atoms with Gasteiger partial charge in [0.15, 0.2) is 0 Å². The van der Waals surface area contributed by atoms with Gasteiger partial charge in [-0.15, -0.1) is 0 Å². The Morgan fingerprint density at radius 3 is 2.68 bits per heavy atom. The monoisotopic (exact) mass is 263 g/mol. The Morgan fingerprint density at radius 2 is 1.95 bits per heavy atom. The summed E-state index contributed by atoms with van der Waals surface area (Å²) in [5.41, 5.74) is 2.43. The van der Waals surface area contributed by atoms with Crippen LogP contribution < -0.4 is 5.32 Å². The van der Waals surface area contributed by atoms with Crippen LogP contribution in [-0.4, -0.2) is 13.2 Å². The third-order valence-corrected chi connectivity index (χ3v) is 3.39. The fraction of sp³-hybridized carbons (Fsp3) is 0.647. The maximum Gasteiger partial charge on any atom is 0.0713 e. The minimum atomic E-state index is 0.541. The molecule has 0 amide bonds. The Hall–Kier alpha value is -1.02. The molecule has 0 aliphatic carbocycles. The van der Waals surface area contributed by atoms with Gasteiger partial charge in [0.2, 0.25) is 0 Å². The number of nitrogens with one attached hydrogen (secondary N) is 1. The van der Waals surface area contributed by atoms with Crippen LogP contribution in [0.15, 0.2) is 24.3 Å². The molecule has 0 aromatic heterocycles. The molecule has 0 fully saturated rings. The van der Waals surface area contributed by atoms with Crippen LogP contribution in [0.25, 0.3) is 0 Å². The largest absolute Gasteiger partial charge is 0.383 e. The van der Waals surface area contributed by atoms with Crippen LogP contribution in [0.5, 0.6) is 0 Å².